The highest BCUT2D eigenvalue weighted by Crippen LogP contribution is 2.26. The zero-order valence-corrected chi connectivity index (χ0v) is 16.5. The monoisotopic (exact) mass is 390 g/mol. The van der Waals surface area contributed by atoms with Crippen LogP contribution in [0.25, 0.3) is 11.3 Å². The lowest BCUT2D eigenvalue weighted by Gasteiger charge is -2.24. The van der Waals surface area contributed by atoms with Crippen LogP contribution < -0.4 is 5.56 Å². The third-order valence-electron chi connectivity index (χ3n) is 6.22. The molecular weight excluding hydrogens is 364 g/mol. The number of rotatable bonds is 5. The number of hydrogen-bond donors (Lipinski definition) is 1. The van der Waals surface area contributed by atoms with Crippen LogP contribution in [0, 0.1) is 0 Å². The number of hydrogen-bond acceptors (Lipinski definition) is 5. The first-order valence-electron chi connectivity index (χ1n) is 10.6. The molecule has 7 nitrogen and oxygen atoms in total. The second-order valence-corrected chi connectivity index (χ2v) is 8.08. The lowest BCUT2D eigenvalue weighted by molar-refractivity contribution is 0.214. The quantitative estimate of drug-likeness (QED) is 0.724. The molecule has 0 amide bonds. The van der Waals surface area contributed by atoms with Crippen LogP contribution in [0.2, 0.25) is 0 Å². The maximum atomic E-state index is 12.5. The van der Waals surface area contributed by atoms with Crippen LogP contribution in [-0.2, 0) is 25.9 Å². The number of fused-ring (bicyclic) bond motifs is 1. The van der Waals surface area contributed by atoms with E-state index in [4.69, 9.17) is 0 Å². The molecule has 1 aliphatic carbocycles. The number of aromatic amines is 1. The van der Waals surface area contributed by atoms with Gasteiger partial charge in [-0.05, 0) is 68.8 Å². The predicted octanol–water partition coefficient (Wildman–Crippen LogP) is 2.57. The molecule has 0 bridgehead atoms. The molecule has 1 saturated heterocycles. The van der Waals surface area contributed by atoms with Crippen LogP contribution in [0.1, 0.15) is 42.6 Å². The van der Waals surface area contributed by atoms with E-state index >= 15 is 0 Å². The Balaban J connectivity index is 1.35. The number of likely N-dealkylation sites (tertiary alicyclic amines) is 1. The summed E-state index contributed by atoms with van der Waals surface area (Å²) < 4.78 is 1.62. The Labute approximate surface area is 169 Å². The van der Waals surface area contributed by atoms with Crippen LogP contribution in [0.3, 0.4) is 0 Å². The van der Waals surface area contributed by atoms with E-state index in [0.717, 1.165) is 50.0 Å². The van der Waals surface area contributed by atoms with Crippen molar-refractivity contribution in [1.82, 2.24) is 29.9 Å². The first kappa shape index (κ1) is 18.2. The number of aromatic nitrogens is 5. The number of nitrogens with one attached hydrogen (secondary N) is 1. The summed E-state index contributed by atoms with van der Waals surface area (Å²) in [4.78, 5) is 19.0. The summed E-state index contributed by atoms with van der Waals surface area (Å²) >= 11 is 0. The van der Waals surface area contributed by atoms with Gasteiger partial charge < -0.3 is 0 Å². The standard InChI is InChI=1S/C22H26N6O/c29-22-8-7-19(16-9-11-23-12-10-16)26-28(22)14-17-4-3-13-27(17)15-21-18-5-1-2-6-20(18)24-25-21/h7-12,17H,1-6,13-15H2,(H,24,25). The highest BCUT2D eigenvalue weighted by molar-refractivity contribution is 5.56. The van der Waals surface area contributed by atoms with E-state index in [2.05, 4.69) is 25.2 Å². The van der Waals surface area contributed by atoms with E-state index in [1.807, 2.05) is 12.1 Å². The van der Waals surface area contributed by atoms with Gasteiger partial charge in [0.2, 0.25) is 0 Å². The Kier molecular flexibility index (Phi) is 4.97. The van der Waals surface area contributed by atoms with Crippen molar-refractivity contribution >= 4 is 0 Å². The summed E-state index contributed by atoms with van der Waals surface area (Å²) in [5.74, 6) is 0. The molecule has 5 rings (SSSR count). The van der Waals surface area contributed by atoms with Gasteiger partial charge in [-0.2, -0.15) is 10.2 Å². The molecule has 7 heteroatoms. The molecule has 1 atom stereocenters. The number of H-pyrrole nitrogens is 1. The van der Waals surface area contributed by atoms with Gasteiger partial charge in [-0.25, -0.2) is 4.68 Å². The molecule has 1 fully saturated rings. The minimum Gasteiger partial charge on any atom is -0.293 e. The molecule has 1 N–H and O–H groups in total. The van der Waals surface area contributed by atoms with Crippen LogP contribution in [0.15, 0.2) is 41.5 Å². The van der Waals surface area contributed by atoms with E-state index in [0.29, 0.717) is 12.6 Å². The SMILES string of the molecule is O=c1ccc(-c2ccncc2)nn1CC1CCCN1Cc1n[nH]c2c1CCCC2. The predicted molar refractivity (Wildman–Crippen MR) is 110 cm³/mol. The second kappa shape index (κ2) is 7.91. The van der Waals surface area contributed by atoms with Gasteiger partial charge in [0, 0.05) is 42.3 Å². The number of pyridine rings is 1. The van der Waals surface area contributed by atoms with Gasteiger partial charge in [-0.15, -0.1) is 0 Å². The Morgan fingerprint density at radius 1 is 1.07 bits per heavy atom. The minimum absolute atomic E-state index is 0.0493. The Morgan fingerprint density at radius 3 is 2.83 bits per heavy atom. The average molecular weight is 390 g/mol. The molecule has 0 aromatic carbocycles. The van der Waals surface area contributed by atoms with Crippen LogP contribution >= 0.6 is 0 Å². The van der Waals surface area contributed by atoms with Gasteiger partial charge in [-0.1, -0.05) is 0 Å². The molecule has 0 saturated carbocycles. The molecule has 1 unspecified atom stereocenters. The van der Waals surface area contributed by atoms with E-state index in [1.165, 1.54) is 29.8 Å². The lowest BCUT2D eigenvalue weighted by atomic mass is 9.96. The number of aryl methyl sites for hydroxylation is 1. The maximum Gasteiger partial charge on any atom is 0.266 e. The first-order chi connectivity index (χ1) is 14.3. The molecule has 1 aliphatic heterocycles. The summed E-state index contributed by atoms with van der Waals surface area (Å²) in [5.41, 5.74) is 5.67. The summed E-state index contributed by atoms with van der Waals surface area (Å²) in [5, 5.41) is 12.5. The van der Waals surface area contributed by atoms with Gasteiger partial charge in [0.15, 0.2) is 0 Å². The molecule has 0 spiro atoms. The first-order valence-corrected chi connectivity index (χ1v) is 10.6. The van der Waals surface area contributed by atoms with Crippen molar-refractivity contribution in [2.45, 2.75) is 57.7 Å². The lowest BCUT2D eigenvalue weighted by Crippen LogP contribution is -2.37. The second-order valence-electron chi connectivity index (χ2n) is 8.08. The van der Waals surface area contributed by atoms with Gasteiger partial charge in [0.25, 0.3) is 5.56 Å². The fourth-order valence-corrected chi connectivity index (χ4v) is 4.64. The summed E-state index contributed by atoms with van der Waals surface area (Å²) in [6, 6.07) is 7.55. The van der Waals surface area contributed by atoms with E-state index < -0.39 is 0 Å². The smallest absolute Gasteiger partial charge is 0.266 e. The zero-order chi connectivity index (χ0) is 19.6. The van der Waals surface area contributed by atoms with Crippen molar-refractivity contribution in [2.75, 3.05) is 6.54 Å². The molecule has 150 valence electrons. The highest BCUT2D eigenvalue weighted by atomic mass is 16.1. The van der Waals surface area contributed by atoms with Crippen molar-refractivity contribution < 1.29 is 0 Å². The van der Waals surface area contributed by atoms with Crippen LogP contribution in [0.4, 0.5) is 0 Å². The third kappa shape index (κ3) is 3.74. The number of nitrogens with zero attached hydrogens (tertiary/aromatic N) is 5. The molecule has 2 aliphatic rings. The molecular formula is C22H26N6O. The normalized spacial score (nSPS) is 19.4. The Morgan fingerprint density at radius 2 is 1.93 bits per heavy atom. The van der Waals surface area contributed by atoms with E-state index in [1.54, 1.807) is 29.2 Å². The highest BCUT2D eigenvalue weighted by Gasteiger charge is 2.28. The van der Waals surface area contributed by atoms with Gasteiger partial charge in [0.1, 0.15) is 0 Å². The largest absolute Gasteiger partial charge is 0.293 e. The van der Waals surface area contributed by atoms with Crippen molar-refractivity contribution in [3.05, 3.63) is 64.0 Å². The van der Waals surface area contributed by atoms with E-state index in [-0.39, 0.29) is 5.56 Å². The molecule has 3 aromatic rings. The van der Waals surface area contributed by atoms with Crippen molar-refractivity contribution in [1.29, 1.82) is 0 Å². The van der Waals surface area contributed by atoms with Crippen molar-refractivity contribution in [3.8, 4) is 11.3 Å². The summed E-state index contributed by atoms with van der Waals surface area (Å²) in [6.07, 6.45) is 10.5. The van der Waals surface area contributed by atoms with Crippen LogP contribution in [-0.4, -0.2) is 42.4 Å². The van der Waals surface area contributed by atoms with Gasteiger partial charge >= 0.3 is 0 Å². The molecule has 29 heavy (non-hydrogen) atoms. The van der Waals surface area contributed by atoms with Crippen molar-refractivity contribution in [3.63, 3.8) is 0 Å². The Hall–Kier alpha value is -2.80. The summed E-state index contributed by atoms with van der Waals surface area (Å²) in [7, 11) is 0. The molecule has 0 radical (unpaired) electrons. The zero-order valence-electron chi connectivity index (χ0n) is 16.5. The van der Waals surface area contributed by atoms with Gasteiger partial charge in [0.05, 0.1) is 17.9 Å². The third-order valence-corrected chi connectivity index (χ3v) is 6.22. The maximum absolute atomic E-state index is 12.5. The fraction of sp³-hybridized carbons (Fsp3) is 0.455. The Bertz CT molecular complexity index is 1040. The van der Waals surface area contributed by atoms with Crippen molar-refractivity contribution in [2.24, 2.45) is 0 Å². The van der Waals surface area contributed by atoms with E-state index in [9.17, 15) is 4.79 Å². The average Bonchev–Trinajstić information content (AvgIpc) is 3.38. The molecule has 3 aromatic heterocycles. The fourth-order valence-electron chi connectivity index (χ4n) is 4.64. The minimum atomic E-state index is -0.0493. The van der Waals surface area contributed by atoms with Gasteiger partial charge in [-0.3, -0.25) is 19.8 Å². The topological polar surface area (TPSA) is 79.7 Å². The molecule has 4 heterocycles. The summed E-state index contributed by atoms with van der Waals surface area (Å²) in [6.45, 7) is 2.52. The van der Waals surface area contributed by atoms with Crippen LogP contribution in [0.5, 0.6) is 0 Å².